The van der Waals surface area contributed by atoms with Crippen LogP contribution in [0.1, 0.15) is 83.6 Å². The van der Waals surface area contributed by atoms with Crippen LogP contribution in [0.5, 0.6) is 0 Å². The summed E-state index contributed by atoms with van der Waals surface area (Å²) >= 11 is 0. The summed E-state index contributed by atoms with van der Waals surface area (Å²) in [7, 11) is 0. The van der Waals surface area contributed by atoms with Gasteiger partial charge in [-0.1, -0.05) is 37.6 Å². The number of para-hydroxylation sites is 1. The van der Waals surface area contributed by atoms with Crippen molar-refractivity contribution in [3.63, 3.8) is 0 Å². The minimum atomic E-state index is -1.62. The van der Waals surface area contributed by atoms with E-state index in [-0.39, 0.29) is 36.4 Å². The van der Waals surface area contributed by atoms with Gasteiger partial charge in [-0.2, -0.15) is 0 Å². The molecule has 4 aliphatic rings. The summed E-state index contributed by atoms with van der Waals surface area (Å²) in [6.45, 7) is 3.22. The number of carboxylic acid groups (broad SMARTS) is 1. The van der Waals surface area contributed by atoms with E-state index in [1.54, 1.807) is 6.20 Å². The maximum Gasteiger partial charge on any atom is 0.326 e. The molecule has 50 heavy (non-hydrogen) atoms. The van der Waals surface area contributed by atoms with E-state index < -0.39 is 59.7 Å². The van der Waals surface area contributed by atoms with Gasteiger partial charge in [-0.25, -0.2) is 4.79 Å². The van der Waals surface area contributed by atoms with Crippen molar-refractivity contribution in [3.05, 3.63) is 47.7 Å². The quantitative estimate of drug-likeness (QED) is 0.207. The van der Waals surface area contributed by atoms with Crippen LogP contribution in [0.15, 0.2) is 42.1 Å². The van der Waals surface area contributed by atoms with Crippen molar-refractivity contribution in [1.82, 2.24) is 15.6 Å². The number of ether oxygens (including phenoxy) is 1. The Bertz CT molecular complexity index is 1750. The Morgan fingerprint density at radius 3 is 2.52 bits per heavy atom. The summed E-state index contributed by atoms with van der Waals surface area (Å²) in [4.78, 5) is 77.9. The fraction of sp³-hybridized carbons (Fsp3) is 0.579. The number of esters is 1. The van der Waals surface area contributed by atoms with Crippen LogP contribution in [0.25, 0.3) is 10.9 Å². The zero-order valence-electron chi connectivity index (χ0n) is 28.7. The number of benzene rings is 1. The number of carboxylic acids is 1. The first-order valence-electron chi connectivity index (χ1n) is 17.7. The number of aliphatic carboxylic acids is 1. The van der Waals surface area contributed by atoms with Gasteiger partial charge in [0.1, 0.15) is 11.6 Å². The number of amides is 2. The molecule has 12 heteroatoms. The lowest BCUT2D eigenvalue weighted by Crippen LogP contribution is -2.58. The van der Waals surface area contributed by atoms with Crippen molar-refractivity contribution >= 4 is 46.2 Å². The zero-order valence-corrected chi connectivity index (χ0v) is 28.7. The summed E-state index contributed by atoms with van der Waals surface area (Å²) in [6, 6.07) is 6.19. The van der Waals surface area contributed by atoms with Crippen molar-refractivity contribution in [2.75, 3.05) is 13.2 Å². The van der Waals surface area contributed by atoms with Crippen LogP contribution in [0.4, 0.5) is 0 Å². The Morgan fingerprint density at radius 1 is 0.980 bits per heavy atom. The molecule has 0 unspecified atom stereocenters. The molecule has 0 aliphatic heterocycles. The van der Waals surface area contributed by atoms with Gasteiger partial charge in [0, 0.05) is 41.8 Å². The van der Waals surface area contributed by atoms with Crippen LogP contribution >= 0.6 is 0 Å². The lowest BCUT2D eigenvalue weighted by atomic mass is 9.46. The maximum absolute atomic E-state index is 13.5. The second-order valence-corrected chi connectivity index (χ2v) is 15.2. The third kappa shape index (κ3) is 6.50. The van der Waals surface area contributed by atoms with Crippen molar-refractivity contribution < 1.29 is 43.7 Å². The molecule has 2 aromatic rings. The van der Waals surface area contributed by atoms with Crippen LogP contribution in [0.2, 0.25) is 0 Å². The molecule has 0 radical (unpaired) electrons. The summed E-state index contributed by atoms with van der Waals surface area (Å²) in [5.74, 6) is -2.71. The highest BCUT2D eigenvalue weighted by molar-refractivity contribution is 5.93. The second kappa shape index (κ2) is 13.8. The van der Waals surface area contributed by atoms with Gasteiger partial charge >= 0.3 is 11.9 Å². The molecule has 4 aliphatic carbocycles. The number of H-pyrrole nitrogens is 1. The van der Waals surface area contributed by atoms with Crippen molar-refractivity contribution in [2.45, 2.75) is 96.1 Å². The molecular weight excluding hydrogens is 642 g/mol. The van der Waals surface area contributed by atoms with Gasteiger partial charge in [-0.05, 0) is 85.8 Å². The number of fused-ring (bicyclic) bond motifs is 6. The fourth-order valence-corrected chi connectivity index (χ4v) is 9.82. The minimum absolute atomic E-state index is 0.0200. The van der Waals surface area contributed by atoms with Crippen molar-refractivity contribution in [2.24, 2.45) is 28.6 Å². The van der Waals surface area contributed by atoms with Gasteiger partial charge in [0.2, 0.25) is 17.6 Å². The Morgan fingerprint density at radius 2 is 1.74 bits per heavy atom. The van der Waals surface area contributed by atoms with Gasteiger partial charge in [0.15, 0.2) is 12.4 Å². The molecule has 3 saturated carbocycles. The van der Waals surface area contributed by atoms with E-state index in [4.69, 9.17) is 4.74 Å². The first kappa shape index (κ1) is 35.5. The van der Waals surface area contributed by atoms with E-state index in [1.807, 2.05) is 37.3 Å². The highest BCUT2D eigenvalue weighted by atomic mass is 16.5. The molecule has 7 atom stereocenters. The molecule has 0 saturated heterocycles. The molecule has 12 nitrogen and oxygen atoms in total. The van der Waals surface area contributed by atoms with Crippen molar-refractivity contribution in [3.8, 4) is 0 Å². The second-order valence-electron chi connectivity index (χ2n) is 15.2. The van der Waals surface area contributed by atoms with Gasteiger partial charge in [-0.3, -0.25) is 24.0 Å². The van der Waals surface area contributed by atoms with E-state index in [9.17, 15) is 39.0 Å². The molecule has 1 aromatic heterocycles. The monoisotopic (exact) mass is 689 g/mol. The Hall–Kier alpha value is -4.32. The van der Waals surface area contributed by atoms with Crippen molar-refractivity contribution in [1.29, 1.82) is 0 Å². The molecule has 6 rings (SSSR count). The Labute approximate surface area is 290 Å². The molecule has 5 N–H and O–H groups in total. The van der Waals surface area contributed by atoms with Gasteiger partial charge in [-0.15, -0.1) is 0 Å². The van der Waals surface area contributed by atoms with Crippen LogP contribution in [-0.2, 0) is 39.9 Å². The van der Waals surface area contributed by atoms with Gasteiger partial charge < -0.3 is 30.6 Å². The standard InChI is InChI=1S/C38H47N3O9/c1-36-14-11-24(42)18-23(36)7-8-26-27(36)12-15-37(2)28(26)13-16-38(37,49)31(43)21-50-34(46)10-9-32(44)40-20-33(45)41-30(35(47)48)17-22-19-39-29-6-4-3-5-25(22)29/h3-6,18-19,26-28,30,39,49H,7-17,20-21H2,1-2H3,(H,40,44)(H,41,45)(H,47,48)/t26-,27+,28-,30-,36-,37-,38-/m0/s1. The first-order chi connectivity index (χ1) is 23.7. The molecule has 1 aromatic carbocycles. The average molecular weight is 690 g/mol. The number of rotatable bonds is 12. The predicted octanol–water partition coefficient (Wildman–Crippen LogP) is 3.55. The number of ketones is 2. The molecule has 1 heterocycles. The third-order valence-corrected chi connectivity index (χ3v) is 12.7. The summed E-state index contributed by atoms with van der Waals surface area (Å²) in [5, 5.41) is 27.2. The lowest BCUT2D eigenvalue weighted by molar-refractivity contribution is -0.170. The summed E-state index contributed by atoms with van der Waals surface area (Å²) in [5.41, 5.74) is 0.552. The molecule has 3 fully saturated rings. The van der Waals surface area contributed by atoms with E-state index in [1.165, 1.54) is 5.57 Å². The highest BCUT2D eigenvalue weighted by Crippen LogP contribution is 2.67. The number of nitrogens with one attached hydrogen (secondary N) is 3. The number of carbonyl (C=O) groups excluding carboxylic acids is 5. The van der Waals surface area contributed by atoms with E-state index >= 15 is 0 Å². The highest BCUT2D eigenvalue weighted by Gasteiger charge is 2.66. The molecular formula is C38H47N3O9. The van der Waals surface area contributed by atoms with Gasteiger partial charge in [0.05, 0.1) is 13.0 Å². The average Bonchev–Trinajstić information content (AvgIpc) is 3.63. The summed E-state index contributed by atoms with van der Waals surface area (Å²) in [6.07, 6.45) is 8.75. The van der Waals surface area contributed by atoms with E-state index in [0.29, 0.717) is 37.5 Å². The number of hydrogen-bond donors (Lipinski definition) is 5. The maximum atomic E-state index is 13.5. The first-order valence-corrected chi connectivity index (χ1v) is 17.7. The number of aromatic amines is 1. The minimum Gasteiger partial charge on any atom is -0.480 e. The number of aromatic nitrogens is 1. The zero-order chi connectivity index (χ0) is 35.8. The van der Waals surface area contributed by atoms with E-state index in [0.717, 1.165) is 42.1 Å². The van der Waals surface area contributed by atoms with Gasteiger partial charge in [0.25, 0.3) is 0 Å². The van der Waals surface area contributed by atoms with Crippen LogP contribution in [-0.4, -0.2) is 75.3 Å². The molecule has 0 bridgehead atoms. The number of carbonyl (C=O) groups is 6. The Balaban J connectivity index is 0.945. The number of aliphatic hydroxyl groups is 1. The van der Waals surface area contributed by atoms with Crippen LogP contribution < -0.4 is 10.6 Å². The largest absolute Gasteiger partial charge is 0.480 e. The normalized spacial score (nSPS) is 30.7. The number of hydrogen-bond acceptors (Lipinski definition) is 8. The summed E-state index contributed by atoms with van der Waals surface area (Å²) < 4.78 is 5.23. The molecule has 0 spiro atoms. The van der Waals surface area contributed by atoms with Crippen LogP contribution in [0, 0.1) is 28.6 Å². The molecule has 2 amide bonds. The topological polar surface area (TPSA) is 192 Å². The van der Waals surface area contributed by atoms with Crippen LogP contribution in [0.3, 0.4) is 0 Å². The number of allylic oxidation sites excluding steroid dienone is 1. The predicted molar refractivity (Wildman–Crippen MR) is 181 cm³/mol. The Kier molecular flexibility index (Phi) is 9.78. The third-order valence-electron chi connectivity index (χ3n) is 12.7. The van der Waals surface area contributed by atoms with E-state index in [2.05, 4.69) is 22.5 Å². The SMILES string of the molecule is C[C@]12CCC(=O)C=C1CC[C@H]1[C@H]2CC[C@@]2(C)[C@H]1CC[C@]2(O)C(=O)COC(=O)CCC(=O)NCC(=O)N[C@@H](Cc1c[nH]c2ccccc12)C(=O)O. The molecule has 268 valence electrons. The fourth-order valence-electron chi connectivity index (χ4n) is 9.82. The number of Topliss-reactive ketones (excluding diaryl/α,β-unsaturated/α-hetero) is 1. The smallest absolute Gasteiger partial charge is 0.326 e. The lowest BCUT2D eigenvalue weighted by Gasteiger charge is -2.58.